The lowest BCUT2D eigenvalue weighted by molar-refractivity contribution is 0.724. The average Bonchev–Trinajstić information content (AvgIpc) is 2.37. The van der Waals surface area contributed by atoms with Crippen LogP contribution < -0.4 is 4.90 Å². The van der Waals surface area contributed by atoms with Crippen molar-refractivity contribution in [3.8, 4) is 0 Å². The number of benzene rings is 1. The second-order valence-electron chi connectivity index (χ2n) is 4.43. The zero-order chi connectivity index (χ0) is 14.0. The summed E-state index contributed by atoms with van der Waals surface area (Å²) < 4.78 is 0. The lowest BCUT2D eigenvalue weighted by Crippen LogP contribution is -2.23. The molecule has 1 unspecified atom stereocenters. The van der Waals surface area contributed by atoms with Crippen LogP contribution in [0.15, 0.2) is 30.3 Å². The molecule has 100 valence electrons. The number of hydrogen-bond acceptors (Lipinski definition) is 3. The molecule has 0 saturated carbocycles. The fourth-order valence-electron chi connectivity index (χ4n) is 1.86. The van der Waals surface area contributed by atoms with Crippen molar-refractivity contribution in [2.24, 2.45) is 0 Å². The van der Waals surface area contributed by atoms with E-state index in [0.29, 0.717) is 11.0 Å². The van der Waals surface area contributed by atoms with Gasteiger partial charge in [-0.3, -0.25) is 0 Å². The monoisotopic (exact) mass is 295 g/mol. The van der Waals surface area contributed by atoms with Gasteiger partial charge in [0.1, 0.15) is 16.8 Å². The lowest BCUT2D eigenvalue weighted by atomic mass is 10.1. The molecule has 0 aliphatic carbocycles. The number of aromatic nitrogens is 2. The molecule has 0 N–H and O–H groups in total. The van der Waals surface area contributed by atoms with Crippen LogP contribution in [0.4, 0.5) is 5.82 Å². The van der Waals surface area contributed by atoms with E-state index >= 15 is 0 Å². The summed E-state index contributed by atoms with van der Waals surface area (Å²) in [5.74, 6) is 1.47. The Balaban J connectivity index is 2.27. The van der Waals surface area contributed by atoms with Crippen LogP contribution in [0.3, 0.4) is 0 Å². The Kier molecular flexibility index (Phi) is 4.27. The van der Waals surface area contributed by atoms with Gasteiger partial charge in [-0.05, 0) is 31.5 Å². The summed E-state index contributed by atoms with van der Waals surface area (Å²) in [6, 6.07) is 9.74. The zero-order valence-corrected chi connectivity index (χ0v) is 12.6. The molecule has 1 atom stereocenters. The Morgan fingerprint density at radius 2 is 1.74 bits per heavy atom. The molecule has 0 saturated heterocycles. The summed E-state index contributed by atoms with van der Waals surface area (Å²) in [5, 5.41) is 1.19. The third kappa shape index (κ3) is 3.37. The molecule has 0 spiro atoms. The van der Waals surface area contributed by atoms with Crippen molar-refractivity contribution in [3.63, 3.8) is 0 Å². The zero-order valence-electron chi connectivity index (χ0n) is 11.1. The Morgan fingerprint density at radius 1 is 1.11 bits per heavy atom. The summed E-state index contributed by atoms with van der Waals surface area (Å²) in [6.07, 6.45) is 0. The minimum atomic E-state index is 0.169. The molecule has 0 radical (unpaired) electrons. The fourth-order valence-corrected chi connectivity index (χ4v) is 2.21. The quantitative estimate of drug-likeness (QED) is 0.791. The van der Waals surface area contributed by atoms with Gasteiger partial charge in [-0.15, -0.1) is 0 Å². The molecule has 0 aliphatic heterocycles. The molecule has 5 heteroatoms. The van der Waals surface area contributed by atoms with E-state index in [0.717, 1.165) is 10.8 Å². The van der Waals surface area contributed by atoms with Crippen LogP contribution in [0.5, 0.6) is 0 Å². The molecule has 1 aromatic heterocycles. The van der Waals surface area contributed by atoms with E-state index in [2.05, 4.69) is 21.8 Å². The maximum atomic E-state index is 5.97. The van der Waals surface area contributed by atoms with E-state index in [1.807, 2.05) is 38.2 Å². The topological polar surface area (TPSA) is 29.0 Å². The molecule has 2 aromatic rings. The average molecular weight is 296 g/mol. The SMILES string of the molecule is Cc1nc(Cl)cc(N(C)C(C)c2ccc(Cl)cc2)n1. The molecular weight excluding hydrogens is 281 g/mol. The van der Waals surface area contributed by atoms with Crippen LogP contribution in [0.1, 0.15) is 24.4 Å². The van der Waals surface area contributed by atoms with Crippen LogP contribution >= 0.6 is 23.2 Å². The van der Waals surface area contributed by atoms with Crippen molar-refractivity contribution in [2.45, 2.75) is 19.9 Å². The molecule has 2 rings (SSSR count). The first-order valence-corrected chi connectivity index (χ1v) is 6.72. The van der Waals surface area contributed by atoms with E-state index in [9.17, 15) is 0 Å². The maximum Gasteiger partial charge on any atom is 0.134 e. The molecule has 1 aromatic carbocycles. The number of aryl methyl sites for hydroxylation is 1. The van der Waals surface area contributed by atoms with Gasteiger partial charge in [0.15, 0.2) is 0 Å². The fraction of sp³-hybridized carbons (Fsp3) is 0.286. The minimum absolute atomic E-state index is 0.169. The van der Waals surface area contributed by atoms with E-state index in [4.69, 9.17) is 23.2 Å². The number of nitrogens with zero attached hydrogens (tertiary/aromatic N) is 3. The van der Waals surface area contributed by atoms with Crippen LogP contribution in [-0.2, 0) is 0 Å². The molecule has 0 amide bonds. The van der Waals surface area contributed by atoms with E-state index in [-0.39, 0.29) is 6.04 Å². The van der Waals surface area contributed by atoms with Gasteiger partial charge in [0, 0.05) is 18.1 Å². The smallest absolute Gasteiger partial charge is 0.134 e. The van der Waals surface area contributed by atoms with Gasteiger partial charge >= 0.3 is 0 Å². The van der Waals surface area contributed by atoms with E-state index in [1.54, 1.807) is 6.07 Å². The second kappa shape index (κ2) is 5.76. The van der Waals surface area contributed by atoms with Crippen molar-refractivity contribution in [1.82, 2.24) is 9.97 Å². The standard InChI is InChI=1S/C14H15Cl2N3/c1-9(11-4-6-12(15)7-5-11)19(3)14-8-13(16)17-10(2)18-14/h4-9H,1-3H3. The number of anilines is 1. The highest BCUT2D eigenvalue weighted by atomic mass is 35.5. The first kappa shape index (κ1) is 14.1. The molecule has 0 bridgehead atoms. The van der Waals surface area contributed by atoms with Gasteiger partial charge in [-0.25, -0.2) is 9.97 Å². The van der Waals surface area contributed by atoms with Crippen molar-refractivity contribution < 1.29 is 0 Å². The number of hydrogen-bond donors (Lipinski definition) is 0. The Bertz CT molecular complexity index is 549. The van der Waals surface area contributed by atoms with Gasteiger partial charge in [0.25, 0.3) is 0 Å². The predicted octanol–water partition coefficient (Wildman–Crippen LogP) is 4.29. The molecule has 0 aliphatic rings. The Labute approximate surface area is 123 Å². The van der Waals surface area contributed by atoms with Gasteiger partial charge < -0.3 is 4.90 Å². The van der Waals surface area contributed by atoms with Gasteiger partial charge in [-0.1, -0.05) is 35.3 Å². The molecule has 0 fully saturated rings. The van der Waals surface area contributed by atoms with E-state index < -0.39 is 0 Å². The molecule has 3 nitrogen and oxygen atoms in total. The predicted molar refractivity (Wildman–Crippen MR) is 80.0 cm³/mol. The minimum Gasteiger partial charge on any atom is -0.353 e. The highest BCUT2D eigenvalue weighted by molar-refractivity contribution is 6.30. The molecule has 1 heterocycles. The van der Waals surface area contributed by atoms with Gasteiger partial charge in [0.05, 0.1) is 6.04 Å². The van der Waals surface area contributed by atoms with Crippen LogP contribution in [0.2, 0.25) is 10.2 Å². The van der Waals surface area contributed by atoms with Crippen LogP contribution in [0, 0.1) is 6.92 Å². The lowest BCUT2D eigenvalue weighted by Gasteiger charge is -2.26. The number of rotatable bonds is 3. The molecule has 19 heavy (non-hydrogen) atoms. The van der Waals surface area contributed by atoms with Crippen LogP contribution in [-0.4, -0.2) is 17.0 Å². The summed E-state index contributed by atoms with van der Waals surface area (Å²) in [6.45, 7) is 3.94. The molecular formula is C14H15Cl2N3. The van der Waals surface area contributed by atoms with Gasteiger partial charge in [0.2, 0.25) is 0 Å². The van der Waals surface area contributed by atoms with Crippen molar-refractivity contribution in [2.75, 3.05) is 11.9 Å². The van der Waals surface area contributed by atoms with Crippen LogP contribution in [0.25, 0.3) is 0 Å². The normalized spacial score (nSPS) is 12.3. The first-order chi connectivity index (χ1) is 8.97. The second-order valence-corrected chi connectivity index (χ2v) is 5.26. The van der Waals surface area contributed by atoms with Crippen molar-refractivity contribution >= 4 is 29.0 Å². The first-order valence-electron chi connectivity index (χ1n) is 5.97. The van der Waals surface area contributed by atoms with Gasteiger partial charge in [-0.2, -0.15) is 0 Å². The number of halogens is 2. The Morgan fingerprint density at radius 3 is 2.32 bits per heavy atom. The summed E-state index contributed by atoms with van der Waals surface area (Å²) in [5.41, 5.74) is 1.17. The summed E-state index contributed by atoms with van der Waals surface area (Å²) >= 11 is 11.9. The van der Waals surface area contributed by atoms with Crippen molar-refractivity contribution in [1.29, 1.82) is 0 Å². The maximum absolute atomic E-state index is 5.97. The van der Waals surface area contributed by atoms with E-state index in [1.165, 1.54) is 5.56 Å². The summed E-state index contributed by atoms with van der Waals surface area (Å²) in [7, 11) is 1.98. The third-order valence-electron chi connectivity index (χ3n) is 3.09. The summed E-state index contributed by atoms with van der Waals surface area (Å²) in [4.78, 5) is 10.5. The largest absolute Gasteiger partial charge is 0.353 e. The third-order valence-corrected chi connectivity index (χ3v) is 3.53. The Hall–Kier alpha value is -1.32. The highest BCUT2D eigenvalue weighted by Gasteiger charge is 2.14. The van der Waals surface area contributed by atoms with Crippen molar-refractivity contribution in [3.05, 3.63) is 51.9 Å². The highest BCUT2D eigenvalue weighted by Crippen LogP contribution is 2.26.